The fourth-order valence-electron chi connectivity index (χ4n) is 4.15. The van der Waals surface area contributed by atoms with E-state index in [0.717, 1.165) is 43.2 Å². The molecule has 0 radical (unpaired) electrons. The maximum absolute atomic E-state index is 12.8. The summed E-state index contributed by atoms with van der Waals surface area (Å²) >= 11 is 0. The van der Waals surface area contributed by atoms with Crippen LogP contribution in [0.25, 0.3) is 5.69 Å². The monoisotopic (exact) mass is 423 g/mol. The molecule has 0 unspecified atom stereocenters. The first-order valence-electron chi connectivity index (χ1n) is 10.7. The molecule has 1 aliphatic heterocycles. The number of nitrogens with zero attached hydrogens (tertiary/aromatic N) is 5. The number of anilines is 2. The van der Waals surface area contributed by atoms with Crippen LogP contribution >= 0.6 is 0 Å². The summed E-state index contributed by atoms with van der Waals surface area (Å²) < 4.78 is 2.87. The number of phenolic OH excluding ortho intramolecular Hbond substituents is 1. The zero-order chi connectivity index (χ0) is 22.0. The zero-order valence-electron chi connectivity index (χ0n) is 17.9. The minimum absolute atomic E-state index is 0.247. The Morgan fingerprint density at radius 3 is 1.87 bits per heavy atom. The Morgan fingerprint density at radius 2 is 1.39 bits per heavy atom. The van der Waals surface area contributed by atoms with Gasteiger partial charge in [0.1, 0.15) is 12.1 Å². The van der Waals surface area contributed by atoms with Gasteiger partial charge in [0.05, 0.1) is 17.8 Å². The molecular weight excluding hydrogens is 394 g/mol. The molecule has 1 aliphatic rings. The van der Waals surface area contributed by atoms with Gasteiger partial charge < -0.3 is 20.0 Å². The van der Waals surface area contributed by atoms with Crippen LogP contribution in [0, 0.1) is 0 Å². The summed E-state index contributed by atoms with van der Waals surface area (Å²) in [6.07, 6.45) is 1.50. The largest absolute Gasteiger partial charge is 0.508 e. The van der Waals surface area contributed by atoms with Crippen molar-refractivity contribution in [3.63, 3.8) is 0 Å². The average Bonchev–Trinajstić information content (AvgIpc) is 3.16. The first-order chi connectivity index (χ1) is 15.0. The molecule has 8 nitrogen and oxygen atoms in total. The third-order valence-electron chi connectivity index (χ3n) is 5.97. The molecule has 1 fully saturated rings. The average molecular weight is 424 g/mol. The van der Waals surface area contributed by atoms with Gasteiger partial charge >= 0.3 is 5.69 Å². The quantitative estimate of drug-likeness (QED) is 0.633. The van der Waals surface area contributed by atoms with Crippen LogP contribution in [0.2, 0.25) is 0 Å². The summed E-state index contributed by atoms with van der Waals surface area (Å²) in [4.78, 5) is 17.4. The molecule has 0 saturated carbocycles. The summed E-state index contributed by atoms with van der Waals surface area (Å²) in [6.45, 7) is 7.19. The van der Waals surface area contributed by atoms with Crippen LogP contribution in [-0.4, -0.2) is 56.8 Å². The van der Waals surface area contributed by atoms with E-state index in [1.807, 2.05) is 43.3 Å². The fraction of sp³-hybridized carbons (Fsp3) is 0.391. The van der Waals surface area contributed by atoms with E-state index < -0.39 is 6.10 Å². The van der Waals surface area contributed by atoms with E-state index in [-0.39, 0.29) is 17.5 Å². The Bertz CT molecular complexity index is 1050. The highest BCUT2D eigenvalue weighted by atomic mass is 16.3. The van der Waals surface area contributed by atoms with Gasteiger partial charge in [-0.3, -0.25) is 0 Å². The van der Waals surface area contributed by atoms with Gasteiger partial charge in [-0.05, 0) is 61.9 Å². The highest BCUT2D eigenvalue weighted by Gasteiger charge is 2.21. The Kier molecular flexibility index (Phi) is 5.99. The van der Waals surface area contributed by atoms with Crippen molar-refractivity contribution in [2.45, 2.75) is 32.4 Å². The summed E-state index contributed by atoms with van der Waals surface area (Å²) in [5.41, 5.74) is 2.74. The van der Waals surface area contributed by atoms with Gasteiger partial charge in [-0.1, -0.05) is 6.92 Å². The lowest BCUT2D eigenvalue weighted by molar-refractivity contribution is 0.118. The molecule has 0 amide bonds. The van der Waals surface area contributed by atoms with E-state index in [4.69, 9.17) is 0 Å². The molecule has 8 heteroatoms. The van der Waals surface area contributed by atoms with Crippen molar-refractivity contribution in [1.82, 2.24) is 14.3 Å². The van der Waals surface area contributed by atoms with Crippen LogP contribution < -0.4 is 15.5 Å². The van der Waals surface area contributed by atoms with Crippen LogP contribution in [0.4, 0.5) is 11.4 Å². The van der Waals surface area contributed by atoms with E-state index in [2.05, 4.69) is 14.9 Å². The maximum Gasteiger partial charge on any atom is 0.350 e. The number of phenols is 1. The normalized spacial score (nSPS) is 16.4. The number of aromatic hydroxyl groups is 1. The van der Waals surface area contributed by atoms with Gasteiger partial charge in [0, 0.05) is 37.6 Å². The maximum atomic E-state index is 12.8. The summed E-state index contributed by atoms with van der Waals surface area (Å²) in [6, 6.07) is 14.9. The van der Waals surface area contributed by atoms with E-state index in [0.29, 0.717) is 6.42 Å². The minimum Gasteiger partial charge on any atom is -0.508 e. The highest BCUT2D eigenvalue weighted by Crippen LogP contribution is 2.23. The van der Waals surface area contributed by atoms with Crippen molar-refractivity contribution < 1.29 is 10.2 Å². The van der Waals surface area contributed by atoms with Crippen LogP contribution in [-0.2, 0) is 0 Å². The van der Waals surface area contributed by atoms with Crippen molar-refractivity contribution in [2.75, 3.05) is 36.0 Å². The van der Waals surface area contributed by atoms with Gasteiger partial charge in [0.2, 0.25) is 0 Å². The number of aromatic nitrogens is 3. The molecule has 1 saturated heterocycles. The molecule has 0 spiro atoms. The molecule has 0 bridgehead atoms. The molecule has 4 rings (SSSR count). The van der Waals surface area contributed by atoms with Gasteiger partial charge in [-0.2, -0.15) is 5.10 Å². The van der Waals surface area contributed by atoms with Gasteiger partial charge in [-0.15, -0.1) is 0 Å². The second-order valence-corrected chi connectivity index (χ2v) is 7.95. The topological polar surface area (TPSA) is 86.8 Å². The number of piperazine rings is 1. The lowest BCUT2D eigenvalue weighted by Gasteiger charge is -2.37. The SMILES string of the molecule is CC[C@H]([C@@H](C)O)n1ncn(-c2ccc(N3CCN(c4ccc(O)cc4)CC3)cc2)c1=O. The van der Waals surface area contributed by atoms with E-state index in [9.17, 15) is 15.0 Å². The van der Waals surface area contributed by atoms with Crippen LogP contribution in [0.5, 0.6) is 5.75 Å². The minimum atomic E-state index is -0.645. The fourth-order valence-corrected chi connectivity index (χ4v) is 4.15. The van der Waals surface area contributed by atoms with Crippen molar-refractivity contribution in [2.24, 2.45) is 0 Å². The van der Waals surface area contributed by atoms with Crippen LogP contribution in [0.15, 0.2) is 59.7 Å². The lowest BCUT2D eigenvalue weighted by atomic mass is 10.1. The third-order valence-corrected chi connectivity index (χ3v) is 5.97. The van der Waals surface area contributed by atoms with Gasteiger partial charge in [-0.25, -0.2) is 14.0 Å². The van der Waals surface area contributed by atoms with Gasteiger partial charge in [0.25, 0.3) is 0 Å². The zero-order valence-corrected chi connectivity index (χ0v) is 17.9. The van der Waals surface area contributed by atoms with Crippen molar-refractivity contribution >= 4 is 11.4 Å². The van der Waals surface area contributed by atoms with Crippen molar-refractivity contribution in [1.29, 1.82) is 0 Å². The Labute approximate surface area is 181 Å². The van der Waals surface area contributed by atoms with E-state index in [1.165, 1.54) is 15.6 Å². The summed E-state index contributed by atoms with van der Waals surface area (Å²) in [7, 11) is 0. The molecule has 2 heterocycles. The first-order valence-corrected chi connectivity index (χ1v) is 10.7. The molecule has 3 aromatic rings. The smallest absolute Gasteiger partial charge is 0.350 e. The summed E-state index contributed by atoms with van der Waals surface area (Å²) in [5, 5.41) is 23.6. The number of aliphatic hydroxyl groups excluding tert-OH is 1. The molecular formula is C23H29N5O3. The molecule has 1 aromatic heterocycles. The molecule has 2 N–H and O–H groups in total. The highest BCUT2D eigenvalue weighted by molar-refractivity contribution is 5.54. The van der Waals surface area contributed by atoms with Crippen molar-refractivity contribution in [3.8, 4) is 11.4 Å². The van der Waals surface area contributed by atoms with Crippen LogP contribution in [0.3, 0.4) is 0 Å². The summed E-state index contributed by atoms with van der Waals surface area (Å²) in [5.74, 6) is 0.281. The number of aliphatic hydroxyl groups is 1. The first kappa shape index (κ1) is 21.0. The number of benzene rings is 2. The predicted molar refractivity (Wildman–Crippen MR) is 121 cm³/mol. The molecule has 2 atom stereocenters. The second kappa shape index (κ2) is 8.85. The number of hydrogen-bond donors (Lipinski definition) is 2. The Balaban J connectivity index is 1.44. The van der Waals surface area contributed by atoms with E-state index >= 15 is 0 Å². The van der Waals surface area contributed by atoms with Crippen molar-refractivity contribution in [3.05, 3.63) is 65.3 Å². The number of rotatable bonds is 6. The third kappa shape index (κ3) is 4.29. The Hall–Kier alpha value is -3.26. The molecule has 0 aliphatic carbocycles. The number of hydrogen-bond acceptors (Lipinski definition) is 6. The predicted octanol–water partition coefficient (Wildman–Crippen LogP) is 2.40. The lowest BCUT2D eigenvalue weighted by Crippen LogP contribution is -2.46. The molecule has 2 aromatic carbocycles. The second-order valence-electron chi connectivity index (χ2n) is 7.95. The van der Waals surface area contributed by atoms with E-state index in [1.54, 1.807) is 19.1 Å². The van der Waals surface area contributed by atoms with Crippen LogP contribution in [0.1, 0.15) is 26.3 Å². The standard InChI is InChI=1S/C23H29N5O3/c1-3-22(17(2)29)28-23(31)27(16-24-28)20-6-4-18(5-7-20)25-12-14-26(15-13-25)19-8-10-21(30)11-9-19/h4-11,16-17,22,29-30H,3,12-15H2,1-2H3/t17-,22-/m1/s1. The molecule has 31 heavy (non-hydrogen) atoms. The molecule has 164 valence electrons. The van der Waals surface area contributed by atoms with Gasteiger partial charge in [0.15, 0.2) is 0 Å². The Morgan fingerprint density at radius 1 is 0.903 bits per heavy atom.